The van der Waals surface area contributed by atoms with Crippen molar-refractivity contribution in [3.05, 3.63) is 56.8 Å². The summed E-state index contributed by atoms with van der Waals surface area (Å²) in [6.45, 7) is 0.468. The monoisotopic (exact) mass is 297 g/mol. The number of aromatic amines is 1. The minimum absolute atomic E-state index is 0.249. The van der Waals surface area contributed by atoms with E-state index in [1.165, 1.54) is 18.5 Å². The smallest absolute Gasteiger partial charge is 0.267 e. The number of benzene rings is 1. The molecule has 1 aromatic carbocycles. The first-order valence-electron chi connectivity index (χ1n) is 4.88. The van der Waals surface area contributed by atoms with E-state index in [0.29, 0.717) is 16.8 Å². The van der Waals surface area contributed by atoms with Crippen LogP contribution in [0.5, 0.6) is 0 Å². The summed E-state index contributed by atoms with van der Waals surface area (Å²) in [7, 11) is 0. The number of anilines is 1. The van der Waals surface area contributed by atoms with Crippen molar-refractivity contribution in [1.29, 1.82) is 0 Å². The van der Waals surface area contributed by atoms with E-state index in [1.54, 1.807) is 12.1 Å². The summed E-state index contributed by atoms with van der Waals surface area (Å²) in [4.78, 5) is 17.7. The fraction of sp³-hybridized carbons (Fsp3) is 0.0909. The minimum Gasteiger partial charge on any atom is -0.365 e. The van der Waals surface area contributed by atoms with Gasteiger partial charge in [0.05, 0.1) is 6.33 Å². The number of rotatable bonds is 3. The van der Waals surface area contributed by atoms with Crippen molar-refractivity contribution in [3.8, 4) is 0 Å². The zero-order valence-corrected chi connectivity index (χ0v) is 10.3. The maximum atomic E-state index is 12.7. The van der Waals surface area contributed by atoms with E-state index >= 15 is 0 Å². The average Bonchev–Trinajstić information content (AvgIpc) is 2.33. The number of hydrogen-bond donors (Lipinski definition) is 2. The van der Waals surface area contributed by atoms with Gasteiger partial charge in [0, 0.05) is 6.54 Å². The summed E-state index contributed by atoms with van der Waals surface area (Å²) in [5, 5.41) is 2.99. The van der Waals surface area contributed by atoms with Crippen molar-refractivity contribution in [3.63, 3.8) is 0 Å². The Morgan fingerprint density at radius 3 is 2.76 bits per heavy atom. The summed E-state index contributed by atoms with van der Waals surface area (Å²) in [5.74, 6) is 0.183. The molecule has 0 radical (unpaired) electrons. The molecule has 2 rings (SSSR count). The number of H-pyrrole nitrogens is 1. The summed E-state index contributed by atoms with van der Waals surface area (Å²) in [5.41, 5.74) is 0.655. The molecule has 1 heterocycles. The van der Waals surface area contributed by atoms with Crippen LogP contribution in [0.4, 0.5) is 10.2 Å². The maximum absolute atomic E-state index is 12.7. The third kappa shape index (κ3) is 2.91. The van der Waals surface area contributed by atoms with E-state index in [2.05, 4.69) is 31.2 Å². The molecule has 0 aliphatic carbocycles. The maximum Gasteiger partial charge on any atom is 0.267 e. The summed E-state index contributed by atoms with van der Waals surface area (Å²) in [6.07, 6.45) is 1.32. The lowest BCUT2D eigenvalue weighted by atomic mass is 10.2. The number of hydrogen-bond acceptors (Lipinski definition) is 3. The Bertz CT molecular complexity index is 568. The Morgan fingerprint density at radius 2 is 2.06 bits per heavy atom. The third-order valence-electron chi connectivity index (χ3n) is 2.17. The number of nitrogens with one attached hydrogen (secondary N) is 2. The van der Waals surface area contributed by atoms with Crippen LogP contribution in [-0.2, 0) is 6.54 Å². The molecule has 0 bridgehead atoms. The van der Waals surface area contributed by atoms with Gasteiger partial charge in [0.15, 0.2) is 0 Å². The van der Waals surface area contributed by atoms with Gasteiger partial charge < -0.3 is 10.3 Å². The fourth-order valence-electron chi connectivity index (χ4n) is 1.29. The second-order valence-corrected chi connectivity index (χ2v) is 4.17. The topological polar surface area (TPSA) is 57.8 Å². The lowest BCUT2D eigenvalue weighted by Gasteiger charge is -2.06. The van der Waals surface area contributed by atoms with Crippen molar-refractivity contribution < 1.29 is 4.39 Å². The van der Waals surface area contributed by atoms with Gasteiger partial charge >= 0.3 is 0 Å². The molecule has 0 fully saturated rings. The fourth-order valence-corrected chi connectivity index (χ4v) is 1.65. The molecule has 4 nitrogen and oxygen atoms in total. The van der Waals surface area contributed by atoms with Crippen LogP contribution < -0.4 is 10.9 Å². The zero-order chi connectivity index (χ0) is 12.3. The molecular formula is C11H9BrFN3O. The Hall–Kier alpha value is -1.69. The largest absolute Gasteiger partial charge is 0.365 e. The molecule has 0 spiro atoms. The number of nitrogens with zero attached hydrogens (tertiary/aromatic N) is 1. The Labute approximate surface area is 105 Å². The van der Waals surface area contributed by atoms with E-state index in [1.807, 2.05) is 0 Å². The van der Waals surface area contributed by atoms with E-state index < -0.39 is 0 Å². The highest BCUT2D eigenvalue weighted by molar-refractivity contribution is 9.10. The summed E-state index contributed by atoms with van der Waals surface area (Å²) in [6, 6.07) is 6.11. The first-order valence-corrected chi connectivity index (χ1v) is 5.67. The lowest BCUT2D eigenvalue weighted by Crippen LogP contribution is -2.12. The van der Waals surface area contributed by atoms with Crippen LogP contribution in [-0.4, -0.2) is 9.97 Å². The highest BCUT2D eigenvalue weighted by atomic mass is 79.9. The first-order chi connectivity index (χ1) is 8.16. The van der Waals surface area contributed by atoms with Gasteiger partial charge in [-0.3, -0.25) is 4.79 Å². The third-order valence-corrected chi connectivity index (χ3v) is 2.91. The van der Waals surface area contributed by atoms with Crippen LogP contribution >= 0.6 is 15.9 Å². The molecular weight excluding hydrogens is 289 g/mol. The van der Waals surface area contributed by atoms with E-state index in [9.17, 15) is 9.18 Å². The van der Waals surface area contributed by atoms with Crippen LogP contribution in [0, 0.1) is 5.82 Å². The molecule has 0 aliphatic heterocycles. The van der Waals surface area contributed by atoms with Crippen LogP contribution in [0.2, 0.25) is 0 Å². The average molecular weight is 298 g/mol. The van der Waals surface area contributed by atoms with E-state index in [4.69, 9.17) is 0 Å². The van der Waals surface area contributed by atoms with Crippen LogP contribution in [0.25, 0.3) is 0 Å². The second-order valence-electron chi connectivity index (χ2n) is 3.37. The summed E-state index contributed by atoms with van der Waals surface area (Å²) < 4.78 is 13.0. The van der Waals surface area contributed by atoms with Crippen LogP contribution in [0.15, 0.2) is 39.9 Å². The van der Waals surface area contributed by atoms with E-state index in [0.717, 1.165) is 5.56 Å². The molecule has 1 aromatic heterocycles. The van der Waals surface area contributed by atoms with Gasteiger partial charge in [0.1, 0.15) is 16.1 Å². The SMILES string of the molecule is O=c1[nH]cnc(NCc2ccc(F)cc2)c1Br. The highest BCUT2D eigenvalue weighted by Crippen LogP contribution is 2.14. The van der Waals surface area contributed by atoms with Gasteiger partial charge in [-0.2, -0.15) is 0 Å². The van der Waals surface area contributed by atoms with Crippen molar-refractivity contribution in [2.75, 3.05) is 5.32 Å². The van der Waals surface area contributed by atoms with Gasteiger partial charge in [-0.25, -0.2) is 9.37 Å². The predicted molar refractivity (Wildman–Crippen MR) is 66.3 cm³/mol. The van der Waals surface area contributed by atoms with Crippen molar-refractivity contribution in [1.82, 2.24) is 9.97 Å². The Balaban J connectivity index is 2.10. The van der Waals surface area contributed by atoms with Gasteiger partial charge in [-0.15, -0.1) is 0 Å². The Kier molecular flexibility index (Phi) is 3.53. The zero-order valence-electron chi connectivity index (χ0n) is 8.71. The van der Waals surface area contributed by atoms with Crippen LogP contribution in [0.1, 0.15) is 5.56 Å². The molecule has 0 aliphatic rings. The molecule has 0 amide bonds. The summed E-state index contributed by atoms with van der Waals surface area (Å²) >= 11 is 3.14. The van der Waals surface area contributed by atoms with E-state index in [-0.39, 0.29) is 11.4 Å². The normalized spacial score (nSPS) is 10.2. The molecule has 0 atom stereocenters. The molecule has 0 saturated carbocycles. The van der Waals surface area contributed by atoms with Crippen molar-refractivity contribution in [2.24, 2.45) is 0 Å². The molecule has 0 saturated heterocycles. The number of aromatic nitrogens is 2. The van der Waals surface area contributed by atoms with Crippen LogP contribution in [0.3, 0.4) is 0 Å². The van der Waals surface area contributed by atoms with Crippen molar-refractivity contribution >= 4 is 21.7 Å². The molecule has 6 heteroatoms. The Morgan fingerprint density at radius 1 is 1.35 bits per heavy atom. The molecule has 2 N–H and O–H groups in total. The minimum atomic E-state index is -0.274. The van der Waals surface area contributed by atoms with Gasteiger partial charge in [-0.05, 0) is 33.6 Å². The van der Waals surface area contributed by atoms with Gasteiger partial charge in [0.25, 0.3) is 5.56 Å². The standard InChI is InChI=1S/C11H9BrFN3O/c12-9-10(15-6-16-11(9)17)14-5-7-1-3-8(13)4-2-7/h1-4,6H,5H2,(H2,14,15,16,17). The molecule has 0 unspecified atom stereocenters. The first kappa shape index (κ1) is 11.8. The van der Waals surface area contributed by atoms with Gasteiger partial charge in [-0.1, -0.05) is 12.1 Å². The molecule has 2 aromatic rings. The lowest BCUT2D eigenvalue weighted by molar-refractivity contribution is 0.627. The molecule has 17 heavy (non-hydrogen) atoms. The highest BCUT2D eigenvalue weighted by Gasteiger charge is 2.04. The number of halogens is 2. The second kappa shape index (κ2) is 5.09. The quantitative estimate of drug-likeness (QED) is 0.914. The van der Waals surface area contributed by atoms with Gasteiger partial charge in [0.2, 0.25) is 0 Å². The predicted octanol–water partition coefficient (Wildman–Crippen LogP) is 2.28. The van der Waals surface area contributed by atoms with Crippen molar-refractivity contribution in [2.45, 2.75) is 6.54 Å². The molecule has 88 valence electrons.